The minimum Gasteiger partial charge on any atom is -0.504 e. The molecule has 4 saturated carbocycles. The molecule has 384 valence electrons. The molecule has 2 saturated heterocycles. The molecule has 17 heteroatoms. The van der Waals surface area contributed by atoms with Crippen LogP contribution in [0.25, 0.3) is 6.08 Å². The predicted molar refractivity (Wildman–Crippen MR) is 245 cm³/mol. The number of esters is 3. The molecule has 18 atom stereocenters. The number of hydrogen-bond acceptors (Lipinski definition) is 17. The van der Waals surface area contributed by atoms with Gasteiger partial charge >= 0.3 is 17.9 Å². The lowest BCUT2D eigenvalue weighted by Gasteiger charge is -2.71. The second kappa shape index (κ2) is 18.4. The SMILES string of the molecule is COC(=O)[C@H]1O[C@@H](O[C@H]2CC[C@]3(C)[C@H]4CC=C5C6CC(C)(C)CC[C@]6(C(=O)O[C@@H]6OC[C@@H](O)[C@H](O)[C@H]6OC(=O)C=Cc6ccc(O)c(OC)c6)[C@H](O)C[C@@]5(C)[C@]4(C)CC[C@H]3C2(C)C)[C@H](O)[C@@H](O)[C@@H]1O. The van der Waals surface area contributed by atoms with Gasteiger partial charge in [-0.2, -0.15) is 0 Å². The molecule has 7 N–H and O–H groups in total. The number of phenols is 1. The summed E-state index contributed by atoms with van der Waals surface area (Å²) in [5, 5.41) is 76.7. The summed E-state index contributed by atoms with van der Waals surface area (Å²) in [6, 6.07) is 4.47. The number of carbonyl (C=O) groups excluding carboxylic acids is 3. The standard InChI is InChI=1S/C52H74O17/c1-47(2)20-21-52(46(62)69-45-42(37(57)30(54)25-65-45)67-36(56)15-11-26-10-13-29(53)31(22-26)63-8)28(23-47)27-12-14-33-49(5)18-17-35(66-44-40(60)38(58)39(59)41(68-44)43(61)64-9)48(3,4)32(49)16-19-50(33,6)51(27,7)24-34(52)55/h10-13,15,22,28,30,32-35,37-42,44-45,53-55,57-60H,14,16-21,23-25H2,1-9H3/t28?,30-,32+,33-,34-,35+,37+,38+,39+,40-,41+,42-,44-,45+,49+,50-,51-,52-/m1/s1. The van der Waals surface area contributed by atoms with Gasteiger partial charge in [-0.1, -0.05) is 66.2 Å². The molecule has 1 unspecified atom stereocenters. The summed E-state index contributed by atoms with van der Waals surface area (Å²) in [7, 11) is 2.54. The van der Waals surface area contributed by atoms with Gasteiger partial charge < -0.3 is 68.9 Å². The Morgan fingerprint density at radius 1 is 0.797 bits per heavy atom. The normalized spacial score (nSPS) is 44.5. The summed E-state index contributed by atoms with van der Waals surface area (Å²) in [5.41, 5.74) is -1.45. The van der Waals surface area contributed by atoms with Gasteiger partial charge in [0.15, 0.2) is 30.0 Å². The molecule has 0 amide bonds. The molecule has 2 aliphatic heterocycles. The molecule has 0 aromatic heterocycles. The van der Waals surface area contributed by atoms with Gasteiger partial charge in [-0.05, 0) is 126 Å². The van der Waals surface area contributed by atoms with Crippen molar-refractivity contribution in [3.8, 4) is 11.5 Å². The molecule has 2 heterocycles. The van der Waals surface area contributed by atoms with Crippen molar-refractivity contribution in [1.82, 2.24) is 0 Å². The second-order valence-corrected chi connectivity index (χ2v) is 23.2. The van der Waals surface area contributed by atoms with Crippen LogP contribution in [0.5, 0.6) is 11.5 Å². The molecule has 5 aliphatic carbocycles. The molecule has 0 spiro atoms. The van der Waals surface area contributed by atoms with Crippen molar-refractivity contribution < 1.29 is 83.3 Å². The lowest BCUT2D eigenvalue weighted by Crippen LogP contribution is -2.68. The number of hydrogen-bond donors (Lipinski definition) is 7. The van der Waals surface area contributed by atoms with E-state index in [-0.39, 0.29) is 46.0 Å². The first kappa shape index (κ1) is 51.7. The van der Waals surface area contributed by atoms with E-state index >= 15 is 4.79 Å². The summed E-state index contributed by atoms with van der Waals surface area (Å²) in [4.78, 5) is 40.8. The largest absolute Gasteiger partial charge is 0.504 e. The van der Waals surface area contributed by atoms with E-state index in [4.69, 9.17) is 33.2 Å². The van der Waals surface area contributed by atoms with Gasteiger partial charge in [-0.15, -0.1) is 0 Å². The number of phenolic OH excluding ortho intramolecular Hbond substituents is 1. The number of benzene rings is 1. The van der Waals surface area contributed by atoms with Crippen LogP contribution < -0.4 is 4.74 Å². The van der Waals surface area contributed by atoms with Gasteiger partial charge in [0, 0.05) is 6.08 Å². The average molecular weight is 971 g/mol. The number of aliphatic hydroxyl groups is 6. The monoisotopic (exact) mass is 970 g/mol. The molecule has 69 heavy (non-hydrogen) atoms. The van der Waals surface area contributed by atoms with Crippen molar-refractivity contribution in [3.63, 3.8) is 0 Å². The minimum absolute atomic E-state index is 0.0841. The summed E-state index contributed by atoms with van der Waals surface area (Å²) in [6.45, 7) is 15.3. The zero-order valence-corrected chi connectivity index (χ0v) is 41.3. The Kier molecular flexibility index (Phi) is 13.8. The first-order chi connectivity index (χ1) is 32.3. The zero-order valence-electron chi connectivity index (χ0n) is 41.3. The first-order valence-corrected chi connectivity index (χ1v) is 24.6. The molecule has 1 aromatic carbocycles. The van der Waals surface area contributed by atoms with Crippen molar-refractivity contribution in [2.24, 2.45) is 50.2 Å². The van der Waals surface area contributed by atoms with Crippen LogP contribution in [0.2, 0.25) is 0 Å². The van der Waals surface area contributed by atoms with Crippen molar-refractivity contribution >= 4 is 24.0 Å². The van der Waals surface area contributed by atoms with Gasteiger partial charge in [-0.25, -0.2) is 9.59 Å². The predicted octanol–water partition coefficient (Wildman–Crippen LogP) is 4.09. The molecule has 0 bridgehead atoms. The van der Waals surface area contributed by atoms with Crippen molar-refractivity contribution in [2.45, 2.75) is 174 Å². The molecule has 7 aliphatic rings. The fraction of sp³-hybridized carbons (Fsp3) is 0.750. The third-order valence-electron chi connectivity index (χ3n) is 18.8. The van der Waals surface area contributed by atoms with Crippen LogP contribution in [0.15, 0.2) is 35.9 Å². The Balaban J connectivity index is 1.04. The summed E-state index contributed by atoms with van der Waals surface area (Å²) >= 11 is 0. The lowest BCUT2D eigenvalue weighted by molar-refractivity contribution is -0.324. The van der Waals surface area contributed by atoms with E-state index in [2.05, 4.69) is 54.5 Å². The molecule has 17 nitrogen and oxygen atoms in total. The molecule has 6 fully saturated rings. The molecule has 1 aromatic rings. The van der Waals surface area contributed by atoms with Crippen LogP contribution in [0.4, 0.5) is 0 Å². The summed E-state index contributed by atoms with van der Waals surface area (Å²) < 4.78 is 39.8. The van der Waals surface area contributed by atoms with E-state index in [9.17, 15) is 45.3 Å². The Labute approximate surface area is 404 Å². The summed E-state index contributed by atoms with van der Waals surface area (Å²) in [6.07, 6.45) is -5.31. The van der Waals surface area contributed by atoms with E-state index in [1.54, 1.807) is 6.07 Å². The Morgan fingerprint density at radius 2 is 1.52 bits per heavy atom. The lowest BCUT2D eigenvalue weighted by atomic mass is 9.33. The van der Waals surface area contributed by atoms with Gasteiger partial charge in [0.1, 0.15) is 35.9 Å². The highest BCUT2D eigenvalue weighted by Crippen LogP contribution is 2.76. The van der Waals surface area contributed by atoms with Crippen LogP contribution >= 0.6 is 0 Å². The topological polar surface area (TPSA) is 257 Å². The van der Waals surface area contributed by atoms with Crippen molar-refractivity contribution in [2.75, 3.05) is 20.8 Å². The number of aliphatic hydroxyl groups excluding tert-OH is 6. The summed E-state index contributed by atoms with van der Waals surface area (Å²) in [5.74, 6) is -2.51. The van der Waals surface area contributed by atoms with Crippen molar-refractivity contribution in [3.05, 3.63) is 41.5 Å². The zero-order chi connectivity index (χ0) is 50.4. The first-order valence-electron chi connectivity index (χ1n) is 24.6. The highest BCUT2D eigenvalue weighted by atomic mass is 16.7. The smallest absolute Gasteiger partial charge is 0.337 e. The Hall–Kier alpha value is -3.65. The van der Waals surface area contributed by atoms with Crippen LogP contribution in [-0.2, 0) is 42.8 Å². The maximum atomic E-state index is 15.1. The number of methoxy groups -OCH3 is 2. The highest BCUT2D eigenvalue weighted by Gasteiger charge is 2.72. The van der Waals surface area contributed by atoms with E-state index in [0.29, 0.717) is 31.2 Å². The van der Waals surface area contributed by atoms with Gasteiger partial charge in [0.2, 0.25) is 6.29 Å². The maximum Gasteiger partial charge on any atom is 0.337 e. The quantitative estimate of drug-likeness (QED) is 0.0605. The van der Waals surface area contributed by atoms with Crippen LogP contribution in [0, 0.1) is 50.2 Å². The molecular formula is C52H74O17. The van der Waals surface area contributed by atoms with Gasteiger partial charge in [0.05, 0.1) is 33.0 Å². The number of rotatable bonds is 9. The van der Waals surface area contributed by atoms with E-state index in [0.717, 1.165) is 44.4 Å². The van der Waals surface area contributed by atoms with Crippen LogP contribution in [0.3, 0.4) is 0 Å². The third-order valence-corrected chi connectivity index (χ3v) is 18.8. The van der Waals surface area contributed by atoms with Gasteiger partial charge in [-0.3, -0.25) is 4.79 Å². The maximum absolute atomic E-state index is 15.1. The van der Waals surface area contributed by atoms with Gasteiger partial charge in [0.25, 0.3) is 0 Å². The fourth-order valence-corrected chi connectivity index (χ4v) is 14.7. The third kappa shape index (κ3) is 8.42. The van der Waals surface area contributed by atoms with Crippen molar-refractivity contribution in [1.29, 1.82) is 0 Å². The Bertz CT molecular complexity index is 2190. The number of aromatic hydroxyl groups is 1. The number of allylic oxidation sites excluding steroid dienone is 2. The molecule has 0 radical (unpaired) electrons. The number of ether oxygens (including phenoxy) is 7. The average Bonchev–Trinajstić information content (AvgIpc) is 3.29. The minimum atomic E-state index is -1.69. The number of carbonyl (C=O) groups is 3. The number of fused-ring (bicyclic) bond motifs is 7. The van der Waals surface area contributed by atoms with E-state index in [1.807, 2.05) is 0 Å². The van der Waals surface area contributed by atoms with Crippen LogP contribution in [-0.4, -0.2) is 142 Å². The fourth-order valence-electron chi connectivity index (χ4n) is 14.7. The van der Waals surface area contributed by atoms with Crippen LogP contribution in [0.1, 0.15) is 112 Å². The molecular weight excluding hydrogens is 897 g/mol. The van der Waals surface area contributed by atoms with E-state index in [1.165, 1.54) is 25.3 Å². The van der Waals surface area contributed by atoms with E-state index < -0.39 is 114 Å². The Morgan fingerprint density at radius 3 is 2.22 bits per heavy atom. The molecule has 8 rings (SSSR count). The highest BCUT2D eigenvalue weighted by molar-refractivity contribution is 5.87. The second-order valence-electron chi connectivity index (χ2n) is 23.2.